The Bertz CT molecular complexity index is 99.1. The van der Waals surface area contributed by atoms with E-state index in [4.69, 9.17) is 5.11 Å². The first-order valence-corrected chi connectivity index (χ1v) is 3.37. The molecule has 0 radical (unpaired) electrons. The summed E-state index contributed by atoms with van der Waals surface area (Å²) in [6.45, 7) is 7.90. The SMILES string of the molecule is CC(C)=C[C@@H](C)[C@H](C)O. The van der Waals surface area contributed by atoms with Gasteiger partial charge in [-0.05, 0) is 26.7 Å². The molecule has 0 amide bonds. The summed E-state index contributed by atoms with van der Waals surface area (Å²) in [7, 11) is 0. The van der Waals surface area contributed by atoms with Crippen LogP contribution in [-0.4, -0.2) is 11.2 Å². The molecule has 0 aromatic carbocycles. The molecule has 0 saturated carbocycles. The zero-order valence-electron chi connectivity index (χ0n) is 6.68. The molecule has 0 spiro atoms. The first-order chi connectivity index (χ1) is 4.04. The van der Waals surface area contributed by atoms with E-state index in [-0.39, 0.29) is 12.0 Å². The Hall–Kier alpha value is -0.300. The quantitative estimate of drug-likeness (QED) is 0.564. The second-order valence-corrected chi connectivity index (χ2v) is 2.84. The van der Waals surface area contributed by atoms with E-state index in [0.29, 0.717) is 0 Å². The summed E-state index contributed by atoms with van der Waals surface area (Å²) < 4.78 is 0. The van der Waals surface area contributed by atoms with Gasteiger partial charge in [-0.1, -0.05) is 18.6 Å². The smallest absolute Gasteiger partial charge is 0.0572 e. The molecule has 1 nitrogen and oxygen atoms in total. The lowest BCUT2D eigenvalue weighted by Crippen LogP contribution is -2.10. The van der Waals surface area contributed by atoms with Crippen molar-refractivity contribution in [2.75, 3.05) is 0 Å². The summed E-state index contributed by atoms with van der Waals surface area (Å²) in [5.74, 6) is 0.287. The minimum Gasteiger partial charge on any atom is -0.393 e. The van der Waals surface area contributed by atoms with Crippen LogP contribution in [0.1, 0.15) is 27.7 Å². The lowest BCUT2D eigenvalue weighted by molar-refractivity contribution is 0.157. The zero-order valence-corrected chi connectivity index (χ0v) is 6.68. The summed E-state index contributed by atoms with van der Waals surface area (Å²) in [5.41, 5.74) is 1.27. The van der Waals surface area contributed by atoms with Crippen LogP contribution in [-0.2, 0) is 0 Å². The van der Waals surface area contributed by atoms with Crippen LogP contribution >= 0.6 is 0 Å². The molecule has 0 rings (SSSR count). The van der Waals surface area contributed by atoms with Gasteiger partial charge in [0.2, 0.25) is 0 Å². The highest BCUT2D eigenvalue weighted by atomic mass is 16.3. The van der Waals surface area contributed by atoms with Crippen molar-refractivity contribution in [1.82, 2.24) is 0 Å². The molecule has 0 aromatic heterocycles. The van der Waals surface area contributed by atoms with Crippen molar-refractivity contribution in [2.45, 2.75) is 33.8 Å². The fraction of sp³-hybridized carbons (Fsp3) is 0.750. The van der Waals surface area contributed by atoms with Gasteiger partial charge in [-0.2, -0.15) is 0 Å². The van der Waals surface area contributed by atoms with Gasteiger partial charge in [0.05, 0.1) is 6.10 Å². The molecule has 1 heteroatoms. The van der Waals surface area contributed by atoms with Gasteiger partial charge < -0.3 is 5.11 Å². The summed E-state index contributed by atoms with van der Waals surface area (Å²) in [4.78, 5) is 0. The van der Waals surface area contributed by atoms with Gasteiger partial charge in [-0.15, -0.1) is 0 Å². The zero-order chi connectivity index (χ0) is 7.44. The molecule has 0 unspecified atom stereocenters. The van der Waals surface area contributed by atoms with Gasteiger partial charge in [-0.25, -0.2) is 0 Å². The Kier molecular flexibility index (Phi) is 3.55. The van der Waals surface area contributed by atoms with E-state index < -0.39 is 0 Å². The van der Waals surface area contributed by atoms with Crippen molar-refractivity contribution >= 4 is 0 Å². The molecule has 1 N–H and O–H groups in total. The monoisotopic (exact) mass is 128 g/mol. The molecule has 0 fully saturated rings. The lowest BCUT2D eigenvalue weighted by Gasteiger charge is -2.09. The standard InChI is InChI=1S/C8H16O/c1-6(2)5-7(3)8(4)9/h5,7-9H,1-4H3/t7-,8+/m1/s1. The third-order valence-electron chi connectivity index (χ3n) is 1.36. The third kappa shape index (κ3) is 4.22. The maximum absolute atomic E-state index is 9.03. The normalized spacial score (nSPS) is 16.6. The van der Waals surface area contributed by atoms with Crippen molar-refractivity contribution in [2.24, 2.45) is 5.92 Å². The van der Waals surface area contributed by atoms with Crippen molar-refractivity contribution < 1.29 is 5.11 Å². The van der Waals surface area contributed by atoms with E-state index >= 15 is 0 Å². The van der Waals surface area contributed by atoms with Gasteiger partial charge in [0.1, 0.15) is 0 Å². The topological polar surface area (TPSA) is 20.2 Å². The Morgan fingerprint density at radius 2 is 1.78 bits per heavy atom. The molecule has 0 heterocycles. The molecule has 0 aliphatic heterocycles. The van der Waals surface area contributed by atoms with Crippen molar-refractivity contribution in [3.63, 3.8) is 0 Å². The summed E-state index contributed by atoms with van der Waals surface area (Å²) in [5, 5.41) is 9.03. The van der Waals surface area contributed by atoms with Gasteiger partial charge in [0.15, 0.2) is 0 Å². The van der Waals surface area contributed by atoms with E-state index in [1.807, 2.05) is 27.7 Å². The number of rotatable bonds is 2. The minimum atomic E-state index is -0.222. The van der Waals surface area contributed by atoms with Gasteiger partial charge in [0.25, 0.3) is 0 Å². The lowest BCUT2D eigenvalue weighted by atomic mass is 10.0. The van der Waals surface area contributed by atoms with E-state index in [0.717, 1.165) is 0 Å². The van der Waals surface area contributed by atoms with Gasteiger partial charge in [-0.3, -0.25) is 0 Å². The maximum atomic E-state index is 9.03. The van der Waals surface area contributed by atoms with E-state index in [2.05, 4.69) is 6.08 Å². The number of hydrogen-bond donors (Lipinski definition) is 1. The van der Waals surface area contributed by atoms with Gasteiger partial charge >= 0.3 is 0 Å². The predicted molar refractivity (Wildman–Crippen MR) is 40.3 cm³/mol. The van der Waals surface area contributed by atoms with Crippen LogP contribution in [0.4, 0.5) is 0 Å². The van der Waals surface area contributed by atoms with Crippen LogP contribution in [0.2, 0.25) is 0 Å². The van der Waals surface area contributed by atoms with Gasteiger partial charge in [0, 0.05) is 0 Å². The van der Waals surface area contributed by atoms with Crippen molar-refractivity contribution in [3.8, 4) is 0 Å². The van der Waals surface area contributed by atoms with E-state index in [1.165, 1.54) is 5.57 Å². The Balaban J connectivity index is 3.76. The van der Waals surface area contributed by atoms with Crippen LogP contribution in [0.15, 0.2) is 11.6 Å². The van der Waals surface area contributed by atoms with Crippen LogP contribution < -0.4 is 0 Å². The number of aliphatic hydroxyl groups excluding tert-OH is 1. The molecule has 54 valence electrons. The van der Waals surface area contributed by atoms with Crippen molar-refractivity contribution in [3.05, 3.63) is 11.6 Å². The average Bonchev–Trinajstić information content (AvgIpc) is 1.63. The van der Waals surface area contributed by atoms with Crippen molar-refractivity contribution in [1.29, 1.82) is 0 Å². The summed E-state index contributed by atoms with van der Waals surface area (Å²) in [6, 6.07) is 0. The number of allylic oxidation sites excluding steroid dienone is 1. The number of aliphatic hydroxyl groups is 1. The fourth-order valence-electron chi connectivity index (χ4n) is 0.665. The second kappa shape index (κ2) is 3.67. The van der Waals surface area contributed by atoms with Crippen LogP contribution in [0.25, 0.3) is 0 Å². The molecule has 2 atom stereocenters. The number of hydrogen-bond acceptors (Lipinski definition) is 1. The highest BCUT2D eigenvalue weighted by molar-refractivity contribution is 4.97. The van der Waals surface area contributed by atoms with Crippen LogP contribution in [0.5, 0.6) is 0 Å². The molecule has 0 aliphatic carbocycles. The summed E-state index contributed by atoms with van der Waals surface area (Å²) >= 11 is 0. The molecule has 0 saturated heterocycles. The summed E-state index contributed by atoms with van der Waals surface area (Å²) in [6.07, 6.45) is 1.85. The minimum absolute atomic E-state index is 0.222. The second-order valence-electron chi connectivity index (χ2n) is 2.84. The molecular formula is C8H16O. The average molecular weight is 128 g/mol. The molecular weight excluding hydrogens is 112 g/mol. The first kappa shape index (κ1) is 8.70. The first-order valence-electron chi connectivity index (χ1n) is 3.37. The molecule has 0 aromatic rings. The Morgan fingerprint density at radius 1 is 1.33 bits per heavy atom. The third-order valence-corrected chi connectivity index (χ3v) is 1.36. The fourth-order valence-corrected chi connectivity index (χ4v) is 0.665. The largest absolute Gasteiger partial charge is 0.393 e. The Labute approximate surface area is 57.4 Å². The van der Waals surface area contributed by atoms with Crippen LogP contribution in [0.3, 0.4) is 0 Å². The van der Waals surface area contributed by atoms with E-state index in [9.17, 15) is 0 Å². The van der Waals surface area contributed by atoms with E-state index in [1.54, 1.807) is 0 Å². The highest BCUT2D eigenvalue weighted by Gasteiger charge is 2.03. The van der Waals surface area contributed by atoms with Crippen LogP contribution in [0, 0.1) is 5.92 Å². The Morgan fingerprint density at radius 3 is 1.89 bits per heavy atom. The predicted octanol–water partition coefficient (Wildman–Crippen LogP) is 1.97. The highest BCUT2D eigenvalue weighted by Crippen LogP contribution is 2.06. The maximum Gasteiger partial charge on any atom is 0.0572 e. The molecule has 0 aliphatic rings. The molecule has 0 bridgehead atoms. The molecule has 9 heavy (non-hydrogen) atoms.